The lowest BCUT2D eigenvalue weighted by molar-refractivity contribution is 0.00960. The SMILES string of the molecule is CC(N)C(C)(O)c1nc2ccccc2o1. The van der Waals surface area contributed by atoms with Crippen molar-refractivity contribution in [3.63, 3.8) is 0 Å². The van der Waals surface area contributed by atoms with Crippen LogP contribution < -0.4 is 5.73 Å². The lowest BCUT2D eigenvalue weighted by Crippen LogP contribution is -2.40. The Balaban J connectivity index is 2.53. The second-order valence-electron chi connectivity index (χ2n) is 3.92. The summed E-state index contributed by atoms with van der Waals surface area (Å²) in [6.07, 6.45) is 0. The predicted molar refractivity (Wildman–Crippen MR) is 57.2 cm³/mol. The van der Waals surface area contributed by atoms with E-state index in [0.717, 1.165) is 5.52 Å². The van der Waals surface area contributed by atoms with Crippen molar-refractivity contribution in [3.8, 4) is 0 Å². The summed E-state index contributed by atoms with van der Waals surface area (Å²) < 4.78 is 5.45. The van der Waals surface area contributed by atoms with Gasteiger partial charge in [0.25, 0.3) is 0 Å². The van der Waals surface area contributed by atoms with Crippen molar-refractivity contribution in [1.29, 1.82) is 0 Å². The summed E-state index contributed by atoms with van der Waals surface area (Å²) in [5.74, 6) is 0.263. The fraction of sp³-hybridized carbons (Fsp3) is 0.364. The van der Waals surface area contributed by atoms with Crippen molar-refractivity contribution in [2.45, 2.75) is 25.5 Å². The normalized spacial score (nSPS) is 17.6. The molecular formula is C11H14N2O2. The molecule has 0 aliphatic rings. The van der Waals surface area contributed by atoms with Gasteiger partial charge in [0, 0.05) is 6.04 Å². The third-order valence-electron chi connectivity index (χ3n) is 2.61. The Morgan fingerprint density at radius 3 is 2.73 bits per heavy atom. The molecule has 0 radical (unpaired) electrons. The summed E-state index contributed by atoms with van der Waals surface area (Å²) in [5.41, 5.74) is 5.83. The van der Waals surface area contributed by atoms with Gasteiger partial charge in [-0.05, 0) is 26.0 Å². The molecule has 1 aromatic heterocycles. The van der Waals surface area contributed by atoms with Gasteiger partial charge in [-0.15, -0.1) is 0 Å². The number of hydrogen-bond acceptors (Lipinski definition) is 4. The summed E-state index contributed by atoms with van der Waals surface area (Å²) in [5, 5.41) is 10.1. The van der Waals surface area contributed by atoms with E-state index in [0.29, 0.717) is 5.58 Å². The molecule has 0 aliphatic heterocycles. The standard InChI is InChI=1S/C11H14N2O2/c1-7(12)11(2,14)10-13-8-5-3-4-6-9(8)15-10/h3-7,14H,12H2,1-2H3. The zero-order chi connectivity index (χ0) is 11.1. The number of nitrogens with zero attached hydrogens (tertiary/aromatic N) is 1. The topological polar surface area (TPSA) is 72.3 Å². The van der Waals surface area contributed by atoms with Gasteiger partial charge in [-0.1, -0.05) is 12.1 Å². The Labute approximate surface area is 87.7 Å². The summed E-state index contributed by atoms with van der Waals surface area (Å²) >= 11 is 0. The number of para-hydroxylation sites is 2. The van der Waals surface area contributed by atoms with Gasteiger partial charge < -0.3 is 15.3 Å². The van der Waals surface area contributed by atoms with Crippen LogP contribution >= 0.6 is 0 Å². The van der Waals surface area contributed by atoms with Crippen LogP contribution in [0.3, 0.4) is 0 Å². The van der Waals surface area contributed by atoms with E-state index in [1.165, 1.54) is 0 Å². The first-order chi connectivity index (χ1) is 7.01. The molecule has 0 spiro atoms. The molecule has 80 valence electrons. The van der Waals surface area contributed by atoms with Crippen LogP contribution in [0.4, 0.5) is 0 Å². The first kappa shape index (κ1) is 10.1. The number of rotatable bonds is 2. The average Bonchev–Trinajstić information content (AvgIpc) is 2.61. The van der Waals surface area contributed by atoms with Crippen LogP contribution in [0.15, 0.2) is 28.7 Å². The van der Waals surface area contributed by atoms with Crippen LogP contribution in [-0.4, -0.2) is 16.1 Å². The van der Waals surface area contributed by atoms with Crippen LogP contribution in [-0.2, 0) is 5.60 Å². The lowest BCUT2D eigenvalue weighted by Gasteiger charge is -2.23. The van der Waals surface area contributed by atoms with Gasteiger partial charge in [0.2, 0.25) is 5.89 Å². The Bertz CT molecular complexity index is 441. The maximum Gasteiger partial charge on any atom is 0.228 e. The number of aliphatic hydroxyl groups is 1. The molecular weight excluding hydrogens is 192 g/mol. The minimum absolute atomic E-state index is 0.263. The first-order valence-corrected chi connectivity index (χ1v) is 4.86. The van der Waals surface area contributed by atoms with Gasteiger partial charge in [-0.2, -0.15) is 0 Å². The number of nitrogens with two attached hydrogens (primary N) is 1. The van der Waals surface area contributed by atoms with E-state index in [9.17, 15) is 5.11 Å². The monoisotopic (exact) mass is 206 g/mol. The van der Waals surface area contributed by atoms with Gasteiger partial charge in [0.1, 0.15) is 5.52 Å². The maximum atomic E-state index is 10.1. The van der Waals surface area contributed by atoms with Crippen LogP contribution in [0, 0.1) is 0 Å². The zero-order valence-electron chi connectivity index (χ0n) is 8.77. The summed E-state index contributed by atoms with van der Waals surface area (Å²) in [7, 11) is 0. The van der Waals surface area contributed by atoms with E-state index in [1.54, 1.807) is 13.8 Å². The molecule has 0 saturated heterocycles. The first-order valence-electron chi connectivity index (χ1n) is 4.86. The molecule has 0 fully saturated rings. The van der Waals surface area contributed by atoms with Crippen molar-refractivity contribution in [3.05, 3.63) is 30.2 Å². The summed E-state index contributed by atoms with van der Waals surface area (Å²) in [6.45, 7) is 3.32. The van der Waals surface area contributed by atoms with E-state index < -0.39 is 11.6 Å². The molecule has 1 aromatic carbocycles. The Hall–Kier alpha value is -1.39. The third kappa shape index (κ3) is 1.62. The van der Waals surface area contributed by atoms with Gasteiger partial charge in [0.15, 0.2) is 11.2 Å². The molecule has 1 heterocycles. The second-order valence-corrected chi connectivity index (χ2v) is 3.92. The van der Waals surface area contributed by atoms with Gasteiger partial charge in [0.05, 0.1) is 0 Å². The fourth-order valence-corrected chi connectivity index (χ4v) is 1.28. The zero-order valence-corrected chi connectivity index (χ0v) is 8.77. The van der Waals surface area contributed by atoms with E-state index in [2.05, 4.69) is 4.98 Å². The Morgan fingerprint density at radius 1 is 1.47 bits per heavy atom. The van der Waals surface area contributed by atoms with E-state index in [1.807, 2.05) is 24.3 Å². The quantitative estimate of drug-likeness (QED) is 0.778. The van der Waals surface area contributed by atoms with Crippen molar-refractivity contribution in [1.82, 2.24) is 4.98 Å². The highest BCUT2D eigenvalue weighted by molar-refractivity contribution is 5.72. The minimum Gasteiger partial charge on any atom is -0.437 e. The lowest BCUT2D eigenvalue weighted by atomic mass is 9.99. The van der Waals surface area contributed by atoms with Crippen LogP contribution in [0.5, 0.6) is 0 Å². The molecule has 0 saturated carbocycles. The van der Waals surface area contributed by atoms with Gasteiger partial charge >= 0.3 is 0 Å². The highest BCUT2D eigenvalue weighted by atomic mass is 16.4. The van der Waals surface area contributed by atoms with Crippen LogP contribution in [0.1, 0.15) is 19.7 Å². The van der Waals surface area contributed by atoms with Crippen molar-refractivity contribution in [2.75, 3.05) is 0 Å². The van der Waals surface area contributed by atoms with Gasteiger partial charge in [-0.25, -0.2) is 4.98 Å². The molecule has 2 rings (SSSR count). The molecule has 2 aromatic rings. The van der Waals surface area contributed by atoms with Gasteiger partial charge in [-0.3, -0.25) is 0 Å². The smallest absolute Gasteiger partial charge is 0.228 e. The number of aromatic nitrogens is 1. The summed E-state index contributed by atoms with van der Waals surface area (Å²) in [6, 6.07) is 6.93. The minimum atomic E-state index is -1.24. The van der Waals surface area contributed by atoms with Crippen LogP contribution in [0.2, 0.25) is 0 Å². The molecule has 4 heteroatoms. The highest BCUT2D eigenvalue weighted by Crippen LogP contribution is 2.26. The fourth-order valence-electron chi connectivity index (χ4n) is 1.28. The Kier molecular flexibility index (Phi) is 2.25. The predicted octanol–water partition coefficient (Wildman–Crippen LogP) is 1.38. The number of oxazole rings is 1. The number of fused-ring (bicyclic) bond motifs is 1. The number of hydrogen-bond donors (Lipinski definition) is 2. The molecule has 2 atom stereocenters. The largest absolute Gasteiger partial charge is 0.437 e. The molecule has 15 heavy (non-hydrogen) atoms. The molecule has 0 aliphatic carbocycles. The Morgan fingerprint density at radius 2 is 2.13 bits per heavy atom. The average molecular weight is 206 g/mol. The molecule has 0 amide bonds. The third-order valence-corrected chi connectivity index (χ3v) is 2.61. The molecule has 0 bridgehead atoms. The molecule has 4 nitrogen and oxygen atoms in total. The van der Waals surface area contributed by atoms with Crippen molar-refractivity contribution in [2.24, 2.45) is 5.73 Å². The van der Waals surface area contributed by atoms with Crippen molar-refractivity contribution >= 4 is 11.1 Å². The molecule has 2 unspecified atom stereocenters. The van der Waals surface area contributed by atoms with E-state index >= 15 is 0 Å². The maximum absolute atomic E-state index is 10.1. The number of benzene rings is 1. The second kappa shape index (κ2) is 3.32. The van der Waals surface area contributed by atoms with E-state index in [-0.39, 0.29) is 5.89 Å². The van der Waals surface area contributed by atoms with Crippen LogP contribution in [0.25, 0.3) is 11.1 Å². The summed E-state index contributed by atoms with van der Waals surface area (Å²) in [4.78, 5) is 4.21. The highest BCUT2D eigenvalue weighted by Gasteiger charge is 2.33. The molecule has 3 N–H and O–H groups in total. The van der Waals surface area contributed by atoms with E-state index in [4.69, 9.17) is 10.2 Å². The van der Waals surface area contributed by atoms with Crippen molar-refractivity contribution < 1.29 is 9.52 Å².